The summed E-state index contributed by atoms with van der Waals surface area (Å²) in [6, 6.07) is 36.8. The summed E-state index contributed by atoms with van der Waals surface area (Å²) in [4.78, 5) is 0. The highest BCUT2D eigenvalue weighted by Gasteiger charge is 2.54. The molecule has 6 nitrogen and oxygen atoms in total. The normalized spacial score (nSPS) is 23.0. The van der Waals surface area contributed by atoms with E-state index in [2.05, 4.69) is 6.58 Å². The van der Waals surface area contributed by atoms with Gasteiger partial charge in [-0.25, -0.2) is 4.39 Å². The third kappa shape index (κ3) is 9.10. The molecule has 6 atom stereocenters. The van der Waals surface area contributed by atoms with Gasteiger partial charge in [0, 0.05) is 0 Å². The van der Waals surface area contributed by atoms with Gasteiger partial charge in [-0.2, -0.15) is 0 Å². The first-order valence-electron chi connectivity index (χ1n) is 15.2. The summed E-state index contributed by atoms with van der Waals surface area (Å²) < 4.78 is 54.3. The van der Waals surface area contributed by atoms with Crippen LogP contribution in [0, 0.1) is 0 Å². The van der Waals surface area contributed by atoms with E-state index in [1.807, 2.05) is 115 Å². The van der Waals surface area contributed by atoms with Gasteiger partial charge in [0.15, 0.2) is 6.17 Å². The first-order valence-corrected chi connectivity index (χ1v) is 15.2. The summed E-state index contributed by atoms with van der Waals surface area (Å²) >= 11 is 0. The van der Waals surface area contributed by atoms with Crippen molar-refractivity contribution < 1.29 is 32.8 Å². The van der Waals surface area contributed by atoms with Crippen LogP contribution in [0.5, 0.6) is 5.75 Å². The average molecular weight is 613 g/mol. The van der Waals surface area contributed by atoms with Gasteiger partial charge >= 0.3 is 0 Å². The van der Waals surface area contributed by atoms with Gasteiger partial charge in [-0.1, -0.05) is 109 Å². The van der Waals surface area contributed by atoms with E-state index < -0.39 is 36.7 Å². The lowest BCUT2D eigenvalue weighted by Crippen LogP contribution is -2.65. The second-order valence-electron chi connectivity index (χ2n) is 10.9. The molecule has 7 heteroatoms. The maximum absolute atomic E-state index is 16.9. The Labute approximate surface area is 265 Å². The predicted octanol–water partition coefficient (Wildman–Crippen LogP) is 7.26. The van der Waals surface area contributed by atoms with Crippen LogP contribution in [0.1, 0.15) is 22.3 Å². The zero-order valence-electron chi connectivity index (χ0n) is 25.6. The maximum atomic E-state index is 16.9. The second-order valence-corrected chi connectivity index (χ2v) is 10.9. The first-order chi connectivity index (χ1) is 22.2. The molecule has 1 saturated carbocycles. The molecule has 1 fully saturated rings. The lowest BCUT2D eigenvalue weighted by molar-refractivity contribution is -0.268. The molecule has 0 bridgehead atoms. The van der Waals surface area contributed by atoms with E-state index in [1.165, 1.54) is 0 Å². The van der Waals surface area contributed by atoms with Crippen LogP contribution in [0.4, 0.5) is 4.39 Å². The third-order valence-electron chi connectivity index (χ3n) is 7.79. The molecule has 0 N–H and O–H groups in total. The standard InChI is InChI=1S/C38H41FO6/c1-3-23-41-36-34(42-24-28-13-7-4-8-14-28)33(39)35(43-25-29-15-9-5-10-16-29)37(38(36)45-26-30-17-11-6-12-18-30)44-27-31-19-21-32(40-2)22-20-31/h3-22,33-38H,1,23-27H2,2H3/t33-,34-,35+,36+,37-,38-/m1/s1. The Balaban J connectivity index is 1.47. The van der Waals surface area contributed by atoms with Crippen LogP contribution in [0.25, 0.3) is 0 Å². The summed E-state index contributed by atoms with van der Waals surface area (Å²) in [5.41, 5.74) is 3.72. The zero-order chi connectivity index (χ0) is 31.3. The van der Waals surface area contributed by atoms with Gasteiger partial charge in [-0.05, 0) is 34.4 Å². The molecule has 5 rings (SSSR count). The lowest BCUT2D eigenvalue weighted by Gasteiger charge is -2.47. The minimum absolute atomic E-state index is 0.189. The summed E-state index contributed by atoms with van der Waals surface area (Å²) in [6.07, 6.45) is -4.28. The number of rotatable bonds is 16. The van der Waals surface area contributed by atoms with Crippen molar-refractivity contribution in [2.45, 2.75) is 63.1 Å². The third-order valence-corrected chi connectivity index (χ3v) is 7.79. The average Bonchev–Trinajstić information content (AvgIpc) is 3.10. The fourth-order valence-electron chi connectivity index (χ4n) is 5.45. The fourth-order valence-corrected chi connectivity index (χ4v) is 5.45. The highest BCUT2D eigenvalue weighted by molar-refractivity contribution is 5.27. The van der Waals surface area contributed by atoms with E-state index in [9.17, 15) is 0 Å². The molecule has 0 unspecified atom stereocenters. The van der Waals surface area contributed by atoms with Crippen molar-refractivity contribution in [2.24, 2.45) is 0 Å². The van der Waals surface area contributed by atoms with Crippen molar-refractivity contribution in [1.82, 2.24) is 0 Å². The van der Waals surface area contributed by atoms with Gasteiger partial charge in [0.2, 0.25) is 0 Å². The molecule has 4 aromatic carbocycles. The van der Waals surface area contributed by atoms with Gasteiger partial charge < -0.3 is 28.4 Å². The highest BCUT2D eigenvalue weighted by Crippen LogP contribution is 2.36. The summed E-state index contributed by atoms with van der Waals surface area (Å²) in [6.45, 7) is 4.89. The smallest absolute Gasteiger partial charge is 0.157 e. The molecule has 4 aromatic rings. The van der Waals surface area contributed by atoms with Crippen molar-refractivity contribution in [3.63, 3.8) is 0 Å². The number of ether oxygens (including phenoxy) is 6. The summed E-state index contributed by atoms with van der Waals surface area (Å²) in [5.74, 6) is 0.740. The number of benzene rings is 4. The Kier molecular flexibility index (Phi) is 12.3. The maximum Gasteiger partial charge on any atom is 0.157 e. The molecule has 0 aliphatic heterocycles. The van der Waals surface area contributed by atoms with Crippen molar-refractivity contribution in [2.75, 3.05) is 13.7 Å². The van der Waals surface area contributed by atoms with Gasteiger partial charge in [0.1, 0.15) is 36.3 Å². The first kappa shape index (κ1) is 32.5. The van der Waals surface area contributed by atoms with E-state index >= 15 is 4.39 Å². The Morgan fingerprint density at radius 2 is 0.867 bits per heavy atom. The Hall–Kier alpha value is -3.85. The predicted molar refractivity (Wildman–Crippen MR) is 171 cm³/mol. The SMILES string of the molecule is C=CCO[C@@H]1[C@@H](OCc2ccccc2)[C@H](OCc2ccc(OC)cc2)[C@@H](OCc2ccccc2)[C@H](F)[C@H]1OCc1ccccc1. The molecule has 45 heavy (non-hydrogen) atoms. The van der Waals surface area contributed by atoms with Crippen molar-refractivity contribution in [1.29, 1.82) is 0 Å². The van der Waals surface area contributed by atoms with Gasteiger partial charge in [-0.3, -0.25) is 0 Å². The molecular weight excluding hydrogens is 571 g/mol. The lowest BCUT2D eigenvalue weighted by atomic mass is 9.84. The second kappa shape index (κ2) is 17.0. The molecule has 0 saturated heterocycles. The van der Waals surface area contributed by atoms with E-state index in [0.29, 0.717) is 0 Å². The Morgan fingerprint density at radius 1 is 0.511 bits per heavy atom. The van der Waals surface area contributed by atoms with Crippen LogP contribution in [-0.2, 0) is 50.1 Å². The minimum atomic E-state index is -1.58. The minimum Gasteiger partial charge on any atom is -0.497 e. The van der Waals surface area contributed by atoms with Crippen molar-refractivity contribution in [3.05, 3.63) is 150 Å². The zero-order valence-corrected chi connectivity index (χ0v) is 25.6. The highest BCUT2D eigenvalue weighted by atomic mass is 19.1. The molecule has 0 aromatic heterocycles. The number of hydrogen-bond acceptors (Lipinski definition) is 6. The molecule has 0 amide bonds. The topological polar surface area (TPSA) is 55.4 Å². The van der Waals surface area contributed by atoms with Crippen LogP contribution >= 0.6 is 0 Å². The van der Waals surface area contributed by atoms with Gasteiger partial charge in [0.25, 0.3) is 0 Å². The number of hydrogen-bond donors (Lipinski definition) is 0. The molecule has 1 aliphatic rings. The van der Waals surface area contributed by atoms with E-state index in [0.717, 1.165) is 28.0 Å². The van der Waals surface area contributed by atoms with E-state index in [1.54, 1.807) is 13.2 Å². The van der Waals surface area contributed by atoms with Crippen LogP contribution < -0.4 is 4.74 Å². The molecule has 0 heterocycles. The summed E-state index contributed by atoms with van der Waals surface area (Å²) in [7, 11) is 1.62. The Bertz CT molecular complexity index is 1400. The Morgan fingerprint density at radius 3 is 1.27 bits per heavy atom. The van der Waals surface area contributed by atoms with Crippen LogP contribution in [-0.4, -0.2) is 50.4 Å². The molecule has 0 radical (unpaired) electrons. The van der Waals surface area contributed by atoms with Crippen molar-refractivity contribution >= 4 is 0 Å². The van der Waals surface area contributed by atoms with Crippen LogP contribution in [0.2, 0.25) is 0 Å². The molecule has 236 valence electrons. The number of halogens is 1. The fraction of sp³-hybridized carbons (Fsp3) is 0.316. The molecule has 0 spiro atoms. The van der Waals surface area contributed by atoms with E-state index in [4.69, 9.17) is 28.4 Å². The summed E-state index contributed by atoms with van der Waals surface area (Å²) in [5, 5.41) is 0. The number of alkyl halides is 1. The van der Waals surface area contributed by atoms with Crippen molar-refractivity contribution in [3.8, 4) is 5.75 Å². The monoisotopic (exact) mass is 612 g/mol. The van der Waals surface area contributed by atoms with Gasteiger partial charge in [-0.15, -0.1) is 6.58 Å². The molecule has 1 aliphatic carbocycles. The van der Waals surface area contributed by atoms with Crippen LogP contribution in [0.15, 0.2) is 128 Å². The van der Waals surface area contributed by atoms with Crippen LogP contribution in [0.3, 0.4) is 0 Å². The largest absolute Gasteiger partial charge is 0.497 e. The van der Waals surface area contributed by atoms with Gasteiger partial charge in [0.05, 0.1) is 40.1 Å². The molecular formula is C38H41FO6. The number of methoxy groups -OCH3 is 1. The quantitative estimate of drug-likeness (QED) is 0.124. The van der Waals surface area contributed by atoms with E-state index in [-0.39, 0.29) is 33.0 Å².